The molecule has 1 N–H and O–H groups in total. The number of anilines is 1. The van der Waals surface area contributed by atoms with Gasteiger partial charge in [-0.05, 0) is 49.3 Å². The zero-order valence-corrected chi connectivity index (χ0v) is 13.0. The molecule has 0 amide bonds. The van der Waals surface area contributed by atoms with E-state index in [0.29, 0.717) is 6.04 Å². The molecule has 1 saturated carbocycles. The van der Waals surface area contributed by atoms with Gasteiger partial charge in [0.05, 0.1) is 0 Å². The Kier molecular flexibility index (Phi) is 5.11. The second-order valence-electron chi connectivity index (χ2n) is 6.01. The summed E-state index contributed by atoms with van der Waals surface area (Å²) < 4.78 is 1.15. The van der Waals surface area contributed by atoms with Gasteiger partial charge in [-0.2, -0.15) is 0 Å². The van der Waals surface area contributed by atoms with Crippen LogP contribution in [0.15, 0.2) is 28.7 Å². The first-order valence-electron chi connectivity index (χ1n) is 7.15. The summed E-state index contributed by atoms with van der Waals surface area (Å²) in [7, 11) is 0. The quantitative estimate of drug-likeness (QED) is 0.778. The van der Waals surface area contributed by atoms with Gasteiger partial charge in [0.25, 0.3) is 0 Å². The third kappa shape index (κ3) is 4.31. The highest BCUT2D eigenvalue weighted by atomic mass is 79.9. The molecule has 1 aromatic carbocycles. The van der Waals surface area contributed by atoms with Crippen molar-refractivity contribution in [2.45, 2.75) is 52.0 Å². The first-order chi connectivity index (χ1) is 8.63. The van der Waals surface area contributed by atoms with E-state index in [9.17, 15) is 0 Å². The molecule has 0 bridgehead atoms. The molecule has 2 atom stereocenters. The normalized spacial score (nSPS) is 24.2. The van der Waals surface area contributed by atoms with Crippen LogP contribution in [0.1, 0.15) is 46.0 Å². The van der Waals surface area contributed by atoms with Crippen molar-refractivity contribution in [2.75, 3.05) is 5.32 Å². The molecule has 1 aliphatic rings. The Morgan fingerprint density at radius 1 is 1.33 bits per heavy atom. The molecule has 0 spiro atoms. The first kappa shape index (κ1) is 13.9. The summed E-state index contributed by atoms with van der Waals surface area (Å²) in [6.07, 6.45) is 6.85. The molecule has 0 radical (unpaired) electrons. The molecule has 2 heteroatoms. The fourth-order valence-electron chi connectivity index (χ4n) is 3.12. The van der Waals surface area contributed by atoms with Gasteiger partial charge < -0.3 is 5.32 Å². The highest BCUT2D eigenvalue weighted by Crippen LogP contribution is 2.31. The smallest absolute Gasteiger partial charge is 0.0353 e. The average molecular weight is 310 g/mol. The minimum Gasteiger partial charge on any atom is -0.382 e. The maximum Gasteiger partial charge on any atom is 0.0353 e. The second kappa shape index (κ2) is 6.60. The van der Waals surface area contributed by atoms with E-state index in [4.69, 9.17) is 0 Å². The van der Waals surface area contributed by atoms with Crippen LogP contribution in [0, 0.1) is 11.8 Å². The van der Waals surface area contributed by atoms with Crippen molar-refractivity contribution in [1.29, 1.82) is 0 Å². The fraction of sp³-hybridized carbons (Fsp3) is 0.625. The van der Waals surface area contributed by atoms with Crippen LogP contribution in [0.25, 0.3) is 0 Å². The lowest BCUT2D eigenvalue weighted by atomic mass is 9.81. The van der Waals surface area contributed by atoms with Crippen LogP contribution in [0.3, 0.4) is 0 Å². The van der Waals surface area contributed by atoms with E-state index >= 15 is 0 Å². The van der Waals surface area contributed by atoms with Gasteiger partial charge in [-0.25, -0.2) is 0 Å². The third-order valence-electron chi connectivity index (χ3n) is 3.78. The van der Waals surface area contributed by atoms with E-state index in [1.807, 2.05) is 0 Å². The first-order valence-corrected chi connectivity index (χ1v) is 7.95. The molecule has 2 rings (SSSR count). The van der Waals surface area contributed by atoms with Crippen LogP contribution >= 0.6 is 15.9 Å². The predicted octanol–water partition coefficient (Wildman–Crippen LogP) is 5.47. The van der Waals surface area contributed by atoms with Gasteiger partial charge in [-0.15, -0.1) is 0 Å². The van der Waals surface area contributed by atoms with Gasteiger partial charge in [0.1, 0.15) is 0 Å². The summed E-state index contributed by atoms with van der Waals surface area (Å²) in [5.74, 6) is 1.75. The van der Waals surface area contributed by atoms with Crippen molar-refractivity contribution >= 4 is 21.6 Å². The van der Waals surface area contributed by atoms with Crippen molar-refractivity contribution in [3.05, 3.63) is 28.7 Å². The highest BCUT2D eigenvalue weighted by Gasteiger charge is 2.22. The number of hydrogen-bond donors (Lipinski definition) is 1. The molecule has 100 valence electrons. The van der Waals surface area contributed by atoms with Crippen LogP contribution in [-0.4, -0.2) is 6.04 Å². The molecular weight excluding hydrogens is 286 g/mol. The lowest BCUT2D eigenvalue weighted by Crippen LogP contribution is -2.27. The summed E-state index contributed by atoms with van der Waals surface area (Å²) in [6.45, 7) is 4.68. The third-order valence-corrected chi connectivity index (χ3v) is 4.28. The lowest BCUT2D eigenvalue weighted by Gasteiger charge is -2.31. The minimum absolute atomic E-state index is 0.664. The SMILES string of the molecule is CC(C)CC1CCCC(Nc2cccc(Br)c2)C1. The van der Waals surface area contributed by atoms with E-state index in [2.05, 4.69) is 59.4 Å². The molecule has 0 aliphatic heterocycles. The fourth-order valence-corrected chi connectivity index (χ4v) is 3.52. The zero-order chi connectivity index (χ0) is 13.0. The van der Waals surface area contributed by atoms with Gasteiger partial charge in [0, 0.05) is 16.2 Å². The Morgan fingerprint density at radius 3 is 2.89 bits per heavy atom. The molecule has 1 fully saturated rings. The van der Waals surface area contributed by atoms with E-state index in [1.54, 1.807) is 0 Å². The van der Waals surface area contributed by atoms with Crippen LogP contribution in [-0.2, 0) is 0 Å². The summed E-state index contributed by atoms with van der Waals surface area (Å²) in [4.78, 5) is 0. The molecule has 1 aliphatic carbocycles. The van der Waals surface area contributed by atoms with E-state index in [-0.39, 0.29) is 0 Å². The number of rotatable bonds is 4. The summed E-state index contributed by atoms with van der Waals surface area (Å²) in [5, 5.41) is 3.69. The zero-order valence-electron chi connectivity index (χ0n) is 11.5. The van der Waals surface area contributed by atoms with Crippen LogP contribution in [0.2, 0.25) is 0 Å². The van der Waals surface area contributed by atoms with Crippen LogP contribution < -0.4 is 5.32 Å². The molecule has 0 heterocycles. The van der Waals surface area contributed by atoms with E-state index < -0.39 is 0 Å². The maximum atomic E-state index is 3.69. The Bertz CT molecular complexity index is 375. The number of halogens is 1. The Hall–Kier alpha value is -0.500. The topological polar surface area (TPSA) is 12.0 Å². The maximum absolute atomic E-state index is 3.69. The van der Waals surface area contributed by atoms with Gasteiger partial charge in [0.2, 0.25) is 0 Å². The summed E-state index contributed by atoms with van der Waals surface area (Å²) >= 11 is 3.53. The van der Waals surface area contributed by atoms with Gasteiger partial charge >= 0.3 is 0 Å². The van der Waals surface area contributed by atoms with Gasteiger partial charge in [-0.1, -0.05) is 48.7 Å². The van der Waals surface area contributed by atoms with Crippen molar-refractivity contribution < 1.29 is 0 Å². The van der Waals surface area contributed by atoms with Crippen LogP contribution in [0.4, 0.5) is 5.69 Å². The average Bonchev–Trinajstić information content (AvgIpc) is 2.28. The Labute approximate surface area is 119 Å². The van der Waals surface area contributed by atoms with E-state index in [0.717, 1.165) is 16.3 Å². The van der Waals surface area contributed by atoms with E-state index in [1.165, 1.54) is 37.8 Å². The standard InChI is InChI=1S/C16H24BrN/c1-12(2)9-13-5-3-7-15(10-13)18-16-8-4-6-14(17)11-16/h4,6,8,11-13,15,18H,3,5,7,9-10H2,1-2H3. The molecule has 1 aromatic rings. The van der Waals surface area contributed by atoms with Gasteiger partial charge in [-0.3, -0.25) is 0 Å². The van der Waals surface area contributed by atoms with Crippen molar-refractivity contribution in [1.82, 2.24) is 0 Å². The molecular formula is C16H24BrN. The molecule has 18 heavy (non-hydrogen) atoms. The minimum atomic E-state index is 0.664. The largest absolute Gasteiger partial charge is 0.382 e. The van der Waals surface area contributed by atoms with Crippen molar-refractivity contribution in [3.63, 3.8) is 0 Å². The predicted molar refractivity (Wildman–Crippen MR) is 83.0 cm³/mol. The monoisotopic (exact) mass is 309 g/mol. The molecule has 0 saturated heterocycles. The van der Waals surface area contributed by atoms with Gasteiger partial charge in [0.15, 0.2) is 0 Å². The Balaban J connectivity index is 1.89. The second-order valence-corrected chi connectivity index (χ2v) is 6.93. The molecule has 2 unspecified atom stereocenters. The summed E-state index contributed by atoms with van der Waals surface area (Å²) in [5.41, 5.74) is 1.25. The van der Waals surface area contributed by atoms with Crippen molar-refractivity contribution in [3.8, 4) is 0 Å². The molecule has 0 aromatic heterocycles. The van der Waals surface area contributed by atoms with Crippen molar-refractivity contribution in [2.24, 2.45) is 11.8 Å². The highest BCUT2D eigenvalue weighted by molar-refractivity contribution is 9.10. The number of benzene rings is 1. The Morgan fingerprint density at radius 2 is 2.17 bits per heavy atom. The molecule has 1 nitrogen and oxygen atoms in total. The number of hydrogen-bond acceptors (Lipinski definition) is 1. The number of nitrogens with one attached hydrogen (secondary N) is 1. The lowest BCUT2D eigenvalue weighted by molar-refractivity contribution is 0.289. The van der Waals surface area contributed by atoms with Crippen LogP contribution in [0.5, 0.6) is 0 Å². The summed E-state index contributed by atoms with van der Waals surface area (Å²) in [6, 6.07) is 9.17.